The number of aliphatic hydroxyl groups is 1. The Morgan fingerprint density at radius 1 is 0.882 bits per heavy atom. The summed E-state index contributed by atoms with van der Waals surface area (Å²) in [4.78, 5) is 25.6. The van der Waals surface area contributed by atoms with E-state index in [2.05, 4.69) is 17.4 Å². The number of amides is 1. The van der Waals surface area contributed by atoms with Gasteiger partial charge in [-0.3, -0.25) is 9.59 Å². The molecule has 2 aromatic carbocycles. The standard InChI is InChI=1S/C29H37NO4/c31-22-29(19-24-13-6-7-14-25(24)20-29)30-27(33)28(17-9-10-18-28)16-8-2-5-15-26(32)34-21-23-11-3-1-4-12-23/h1,3-4,6-7,11-14,31H,2,5,8-10,15-22H2,(H,30,33). The van der Waals surface area contributed by atoms with Crippen LogP contribution in [0.2, 0.25) is 0 Å². The molecule has 0 saturated heterocycles. The predicted molar refractivity (Wildman–Crippen MR) is 132 cm³/mol. The first kappa shape index (κ1) is 24.5. The Kier molecular flexibility index (Phi) is 8.04. The number of rotatable bonds is 11. The molecule has 0 unspecified atom stereocenters. The van der Waals surface area contributed by atoms with Crippen LogP contribution in [0.15, 0.2) is 54.6 Å². The van der Waals surface area contributed by atoms with Gasteiger partial charge in [-0.05, 0) is 55.2 Å². The Balaban J connectivity index is 1.23. The van der Waals surface area contributed by atoms with Gasteiger partial charge in [-0.25, -0.2) is 0 Å². The van der Waals surface area contributed by atoms with Crippen molar-refractivity contribution in [1.82, 2.24) is 5.32 Å². The molecular formula is C29H37NO4. The Morgan fingerprint density at radius 3 is 2.18 bits per heavy atom. The minimum atomic E-state index is -0.584. The molecule has 4 rings (SSSR count). The van der Waals surface area contributed by atoms with Crippen molar-refractivity contribution in [1.29, 1.82) is 0 Å². The van der Waals surface area contributed by atoms with Gasteiger partial charge in [0.05, 0.1) is 12.1 Å². The molecule has 5 heteroatoms. The van der Waals surface area contributed by atoms with E-state index in [9.17, 15) is 14.7 Å². The molecule has 182 valence electrons. The van der Waals surface area contributed by atoms with E-state index in [0.717, 1.165) is 56.9 Å². The summed E-state index contributed by atoms with van der Waals surface area (Å²) in [5, 5.41) is 13.5. The molecule has 0 aliphatic heterocycles. The molecule has 5 nitrogen and oxygen atoms in total. The van der Waals surface area contributed by atoms with Crippen molar-refractivity contribution < 1.29 is 19.4 Å². The lowest BCUT2D eigenvalue weighted by atomic mass is 9.78. The van der Waals surface area contributed by atoms with Crippen LogP contribution in [0.25, 0.3) is 0 Å². The van der Waals surface area contributed by atoms with E-state index in [1.165, 1.54) is 11.1 Å². The van der Waals surface area contributed by atoms with Crippen LogP contribution in [0.4, 0.5) is 0 Å². The maximum absolute atomic E-state index is 13.5. The van der Waals surface area contributed by atoms with Crippen LogP contribution >= 0.6 is 0 Å². The molecule has 0 radical (unpaired) electrons. The number of unbranched alkanes of at least 4 members (excludes halogenated alkanes) is 2. The second-order valence-electron chi connectivity index (χ2n) is 10.2. The third kappa shape index (κ3) is 5.87. The van der Waals surface area contributed by atoms with E-state index in [1.807, 2.05) is 42.5 Å². The molecule has 1 saturated carbocycles. The van der Waals surface area contributed by atoms with Gasteiger partial charge < -0.3 is 15.2 Å². The highest BCUT2D eigenvalue weighted by Crippen LogP contribution is 2.43. The van der Waals surface area contributed by atoms with Gasteiger partial charge in [0.15, 0.2) is 0 Å². The van der Waals surface area contributed by atoms with Crippen LogP contribution < -0.4 is 5.32 Å². The van der Waals surface area contributed by atoms with Gasteiger partial charge in [-0.1, -0.05) is 80.3 Å². The summed E-state index contributed by atoms with van der Waals surface area (Å²) in [7, 11) is 0. The summed E-state index contributed by atoms with van der Waals surface area (Å²) in [5.74, 6) is -0.0583. The largest absolute Gasteiger partial charge is 0.461 e. The molecule has 2 aromatic rings. The average molecular weight is 464 g/mol. The van der Waals surface area contributed by atoms with Gasteiger partial charge in [0.2, 0.25) is 5.91 Å². The van der Waals surface area contributed by atoms with Gasteiger partial charge >= 0.3 is 5.97 Å². The van der Waals surface area contributed by atoms with E-state index in [4.69, 9.17) is 4.74 Å². The SMILES string of the molecule is O=C(CCCCCC1(C(=O)NC2(CO)Cc3ccccc3C2)CCCC1)OCc1ccccc1. The first-order valence-electron chi connectivity index (χ1n) is 12.7. The highest BCUT2D eigenvalue weighted by Gasteiger charge is 2.45. The smallest absolute Gasteiger partial charge is 0.306 e. The van der Waals surface area contributed by atoms with E-state index in [1.54, 1.807) is 0 Å². The van der Waals surface area contributed by atoms with Crippen molar-refractivity contribution in [2.75, 3.05) is 6.61 Å². The first-order chi connectivity index (χ1) is 16.5. The molecule has 0 bridgehead atoms. The molecule has 0 aromatic heterocycles. The fourth-order valence-electron chi connectivity index (χ4n) is 5.67. The molecule has 0 atom stereocenters. The quantitative estimate of drug-likeness (QED) is 0.368. The van der Waals surface area contributed by atoms with Crippen molar-refractivity contribution in [3.05, 3.63) is 71.3 Å². The molecule has 0 heterocycles. The molecule has 2 aliphatic carbocycles. The zero-order valence-corrected chi connectivity index (χ0v) is 20.1. The molecule has 2 N–H and O–H groups in total. The zero-order valence-electron chi connectivity index (χ0n) is 20.1. The number of hydrogen-bond donors (Lipinski definition) is 2. The van der Waals surface area contributed by atoms with Crippen LogP contribution in [-0.2, 0) is 33.8 Å². The minimum Gasteiger partial charge on any atom is -0.461 e. The second kappa shape index (κ2) is 11.2. The van der Waals surface area contributed by atoms with Gasteiger partial charge in [-0.2, -0.15) is 0 Å². The Morgan fingerprint density at radius 2 is 1.53 bits per heavy atom. The Labute approximate surface area is 202 Å². The lowest BCUT2D eigenvalue weighted by Crippen LogP contribution is -2.56. The summed E-state index contributed by atoms with van der Waals surface area (Å²) in [6, 6.07) is 17.9. The number of nitrogens with one attached hydrogen (secondary N) is 1. The number of fused-ring (bicyclic) bond motifs is 1. The molecular weight excluding hydrogens is 426 g/mol. The molecule has 0 spiro atoms. The van der Waals surface area contributed by atoms with Crippen LogP contribution in [0.1, 0.15) is 74.5 Å². The van der Waals surface area contributed by atoms with E-state index in [-0.39, 0.29) is 23.9 Å². The monoisotopic (exact) mass is 463 g/mol. The van der Waals surface area contributed by atoms with Gasteiger partial charge in [0.1, 0.15) is 6.61 Å². The van der Waals surface area contributed by atoms with Crippen molar-refractivity contribution in [2.45, 2.75) is 82.8 Å². The highest BCUT2D eigenvalue weighted by molar-refractivity contribution is 5.84. The van der Waals surface area contributed by atoms with Gasteiger partial charge in [0, 0.05) is 11.8 Å². The maximum Gasteiger partial charge on any atom is 0.306 e. The van der Waals surface area contributed by atoms with Crippen LogP contribution in [0.3, 0.4) is 0 Å². The molecule has 34 heavy (non-hydrogen) atoms. The third-order valence-electron chi connectivity index (χ3n) is 7.68. The molecule has 2 aliphatic rings. The van der Waals surface area contributed by atoms with Crippen molar-refractivity contribution >= 4 is 11.9 Å². The summed E-state index contributed by atoms with van der Waals surface area (Å²) in [5.41, 5.74) is 2.51. The fourth-order valence-corrected chi connectivity index (χ4v) is 5.67. The summed E-state index contributed by atoms with van der Waals surface area (Å²) in [6.07, 6.45) is 9.21. The van der Waals surface area contributed by atoms with Crippen molar-refractivity contribution in [3.8, 4) is 0 Å². The number of carbonyl (C=O) groups is 2. The number of aliphatic hydroxyl groups excluding tert-OH is 1. The minimum absolute atomic E-state index is 0.0470. The third-order valence-corrected chi connectivity index (χ3v) is 7.68. The zero-order chi connectivity index (χ0) is 23.9. The fraction of sp³-hybridized carbons (Fsp3) is 0.517. The number of esters is 1. The maximum atomic E-state index is 13.5. The summed E-state index contributed by atoms with van der Waals surface area (Å²) < 4.78 is 5.36. The van der Waals surface area contributed by atoms with Gasteiger partial charge in [-0.15, -0.1) is 0 Å². The van der Waals surface area contributed by atoms with Crippen molar-refractivity contribution in [3.63, 3.8) is 0 Å². The Bertz CT molecular complexity index is 940. The lowest BCUT2D eigenvalue weighted by Gasteiger charge is -2.35. The Hall–Kier alpha value is -2.66. The van der Waals surface area contributed by atoms with Crippen molar-refractivity contribution in [2.24, 2.45) is 5.41 Å². The summed E-state index contributed by atoms with van der Waals surface area (Å²) in [6.45, 7) is 0.272. The predicted octanol–water partition coefficient (Wildman–Crippen LogP) is 4.89. The van der Waals surface area contributed by atoms with E-state index < -0.39 is 5.54 Å². The lowest BCUT2D eigenvalue weighted by molar-refractivity contribution is -0.145. The number of ether oxygens (including phenoxy) is 1. The molecule has 1 fully saturated rings. The highest BCUT2D eigenvalue weighted by atomic mass is 16.5. The average Bonchev–Trinajstić information content (AvgIpc) is 3.49. The normalized spacial score (nSPS) is 17.8. The van der Waals surface area contributed by atoms with Crippen LogP contribution in [0.5, 0.6) is 0 Å². The summed E-state index contributed by atoms with van der Waals surface area (Å²) >= 11 is 0. The number of carbonyl (C=O) groups excluding carboxylic acids is 2. The number of benzene rings is 2. The van der Waals surface area contributed by atoms with Crippen LogP contribution in [-0.4, -0.2) is 29.1 Å². The molecule has 1 amide bonds. The van der Waals surface area contributed by atoms with Crippen LogP contribution in [0, 0.1) is 5.41 Å². The van der Waals surface area contributed by atoms with E-state index in [0.29, 0.717) is 25.9 Å². The number of hydrogen-bond acceptors (Lipinski definition) is 4. The topological polar surface area (TPSA) is 75.6 Å². The first-order valence-corrected chi connectivity index (χ1v) is 12.7. The van der Waals surface area contributed by atoms with E-state index >= 15 is 0 Å². The van der Waals surface area contributed by atoms with Gasteiger partial charge in [0.25, 0.3) is 0 Å². The second-order valence-corrected chi connectivity index (χ2v) is 10.2.